The maximum atomic E-state index is 11.3. The highest BCUT2D eigenvalue weighted by atomic mass is 32.2. The third kappa shape index (κ3) is 3.73. The summed E-state index contributed by atoms with van der Waals surface area (Å²) in [5.41, 5.74) is 5.31. The SMILES string of the molecule is NS(=O)(=O)c1ccc(-c2ccc(C=NNc3nc4ccccc4[nH]3)o2)cc1. The van der Waals surface area contributed by atoms with Gasteiger partial charge in [0.1, 0.15) is 11.5 Å². The first-order valence-electron chi connectivity index (χ1n) is 7.96. The number of aromatic nitrogens is 2. The summed E-state index contributed by atoms with van der Waals surface area (Å²) in [6, 6.07) is 17.3. The van der Waals surface area contributed by atoms with Crippen LogP contribution in [-0.2, 0) is 10.0 Å². The Morgan fingerprint density at radius 1 is 1.07 bits per heavy atom. The molecule has 0 saturated carbocycles. The van der Waals surface area contributed by atoms with Crippen LogP contribution in [0, 0.1) is 0 Å². The predicted molar refractivity (Wildman–Crippen MR) is 103 cm³/mol. The summed E-state index contributed by atoms with van der Waals surface area (Å²) < 4.78 is 28.3. The molecule has 0 radical (unpaired) electrons. The molecule has 27 heavy (non-hydrogen) atoms. The Morgan fingerprint density at radius 2 is 1.85 bits per heavy atom. The lowest BCUT2D eigenvalue weighted by molar-refractivity contribution is 0.575. The predicted octanol–water partition coefficient (Wildman–Crippen LogP) is 2.92. The molecular weight excluding hydrogens is 366 g/mol. The molecule has 0 atom stereocenters. The fraction of sp³-hybridized carbons (Fsp3) is 0. The van der Waals surface area contributed by atoms with Gasteiger partial charge in [0.2, 0.25) is 16.0 Å². The number of nitrogens with two attached hydrogens (primary N) is 1. The van der Waals surface area contributed by atoms with Crippen LogP contribution in [-0.4, -0.2) is 24.6 Å². The van der Waals surface area contributed by atoms with Gasteiger partial charge in [-0.25, -0.2) is 24.0 Å². The molecule has 0 aliphatic rings. The van der Waals surface area contributed by atoms with Crippen molar-refractivity contribution in [2.75, 3.05) is 5.43 Å². The molecule has 0 saturated heterocycles. The van der Waals surface area contributed by atoms with E-state index in [0.717, 1.165) is 16.6 Å². The minimum absolute atomic E-state index is 0.0506. The summed E-state index contributed by atoms with van der Waals surface area (Å²) in [6.07, 6.45) is 1.52. The van der Waals surface area contributed by atoms with Crippen molar-refractivity contribution in [2.45, 2.75) is 4.90 Å². The lowest BCUT2D eigenvalue weighted by Crippen LogP contribution is -2.11. The van der Waals surface area contributed by atoms with Crippen molar-refractivity contribution in [2.24, 2.45) is 10.2 Å². The Labute approximate surface area is 154 Å². The van der Waals surface area contributed by atoms with Gasteiger partial charge in [-0.2, -0.15) is 5.10 Å². The van der Waals surface area contributed by atoms with Gasteiger partial charge in [-0.05, 0) is 48.5 Å². The molecule has 4 rings (SSSR count). The highest BCUT2D eigenvalue weighted by molar-refractivity contribution is 7.89. The number of nitrogens with zero attached hydrogens (tertiary/aromatic N) is 2. The summed E-state index contributed by atoms with van der Waals surface area (Å²) >= 11 is 0. The quantitative estimate of drug-likeness (QED) is 0.362. The second kappa shape index (κ2) is 6.71. The zero-order valence-electron chi connectivity index (χ0n) is 14.0. The molecular formula is C18H15N5O3S. The van der Waals surface area contributed by atoms with E-state index in [1.807, 2.05) is 24.3 Å². The number of benzene rings is 2. The Kier molecular flexibility index (Phi) is 4.22. The maximum Gasteiger partial charge on any atom is 0.238 e. The van der Waals surface area contributed by atoms with E-state index in [1.165, 1.54) is 18.3 Å². The second-order valence-corrected chi connectivity index (χ2v) is 7.31. The van der Waals surface area contributed by atoms with Crippen molar-refractivity contribution in [1.82, 2.24) is 9.97 Å². The Hall–Kier alpha value is -3.43. The second-order valence-electron chi connectivity index (χ2n) is 5.74. The van der Waals surface area contributed by atoms with Crippen molar-refractivity contribution < 1.29 is 12.8 Å². The number of sulfonamides is 1. The van der Waals surface area contributed by atoms with E-state index < -0.39 is 10.0 Å². The van der Waals surface area contributed by atoms with Crippen LogP contribution in [0.25, 0.3) is 22.4 Å². The number of anilines is 1. The van der Waals surface area contributed by atoms with Gasteiger partial charge in [0.05, 0.1) is 22.1 Å². The summed E-state index contributed by atoms with van der Waals surface area (Å²) in [7, 11) is -3.71. The molecule has 9 heteroatoms. The normalized spacial score (nSPS) is 12.0. The molecule has 8 nitrogen and oxygen atoms in total. The molecule has 4 aromatic rings. The molecule has 0 amide bonds. The Balaban J connectivity index is 1.46. The lowest BCUT2D eigenvalue weighted by atomic mass is 10.2. The van der Waals surface area contributed by atoms with Crippen molar-refractivity contribution >= 4 is 33.2 Å². The summed E-state index contributed by atoms with van der Waals surface area (Å²) in [5, 5.41) is 9.20. The fourth-order valence-corrected chi connectivity index (χ4v) is 3.06. The molecule has 2 aromatic heterocycles. The average Bonchev–Trinajstić information content (AvgIpc) is 3.27. The van der Waals surface area contributed by atoms with E-state index in [0.29, 0.717) is 17.5 Å². The molecule has 0 aliphatic heterocycles. The van der Waals surface area contributed by atoms with Crippen molar-refractivity contribution in [3.05, 3.63) is 66.4 Å². The highest BCUT2D eigenvalue weighted by Gasteiger charge is 2.09. The summed E-state index contributed by atoms with van der Waals surface area (Å²) in [6.45, 7) is 0. The van der Waals surface area contributed by atoms with E-state index >= 15 is 0 Å². The maximum absolute atomic E-state index is 11.3. The number of hydrogen-bond acceptors (Lipinski definition) is 6. The van der Waals surface area contributed by atoms with Gasteiger partial charge in [-0.15, -0.1) is 0 Å². The van der Waals surface area contributed by atoms with Crippen molar-refractivity contribution in [3.8, 4) is 11.3 Å². The smallest absolute Gasteiger partial charge is 0.238 e. The third-order valence-corrected chi connectivity index (χ3v) is 4.77. The van der Waals surface area contributed by atoms with E-state index in [9.17, 15) is 8.42 Å². The van der Waals surface area contributed by atoms with Crippen molar-refractivity contribution in [1.29, 1.82) is 0 Å². The zero-order valence-corrected chi connectivity index (χ0v) is 14.8. The number of imidazole rings is 1. The molecule has 0 unspecified atom stereocenters. The highest BCUT2D eigenvalue weighted by Crippen LogP contribution is 2.23. The molecule has 136 valence electrons. The standard InChI is InChI=1S/C18H15N5O3S/c19-27(24,25)14-8-5-12(6-9-14)17-10-7-13(26-17)11-20-23-18-21-15-3-1-2-4-16(15)22-18/h1-11H,(H2,19,24,25)(H2,21,22,23). The molecule has 2 aromatic carbocycles. The first-order valence-corrected chi connectivity index (χ1v) is 9.50. The van der Waals surface area contributed by atoms with Gasteiger partial charge < -0.3 is 9.40 Å². The summed E-state index contributed by atoms with van der Waals surface area (Å²) in [4.78, 5) is 7.51. The number of hydrogen-bond donors (Lipinski definition) is 3. The zero-order chi connectivity index (χ0) is 18.9. The van der Waals surface area contributed by atoms with Gasteiger partial charge >= 0.3 is 0 Å². The van der Waals surface area contributed by atoms with Crippen LogP contribution in [0.5, 0.6) is 0 Å². The van der Waals surface area contributed by atoms with Gasteiger partial charge in [0.25, 0.3) is 0 Å². The summed E-state index contributed by atoms with van der Waals surface area (Å²) in [5.74, 6) is 1.64. The number of nitrogens with one attached hydrogen (secondary N) is 2. The van der Waals surface area contributed by atoms with Gasteiger partial charge in [0, 0.05) is 5.56 Å². The number of primary sulfonamides is 1. The number of hydrazone groups is 1. The number of furan rings is 1. The van der Waals surface area contributed by atoms with Crippen LogP contribution in [0.3, 0.4) is 0 Å². The monoisotopic (exact) mass is 381 g/mol. The number of para-hydroxylation sites is 2. The fourth-order valence-electron chi connectivity index (χ4n) is 2.55. The molecule has 0 bridgehead atoms. The van der Waals surface area contributed by atoms with Crippen LogP contribution in [0.1, 0.15) is 5.76 Å². The Morgan fingerprint density at radius 3 is 2.59 bits per heavy atom. The number of rotatable bonds is 5. The van der Waals surface area contributed by atoms with Crippen LogP contribution in [0.2, 0.25) is 0 Å². The van der Waals surface area contributed by atoms with Crippen LogP contribution in [0.4, 0.5) is 5.95 Å². The van der Waals surface area contributed by atoms with E-state index in [1.54, 1.807) is 24.3 Å². The van der Waals surface area contributed by atoms with Gasteiger partial charge in [-0.3, -0.25) is 0 Å². The average molecular weight is 381 g/mol. The first-order chi connectivity index (χ1) is 13.0. The molecule has 0 fully saturated rings. The molecule has 0 aliphatic carbocycles. The number of fused-ring (bicyclic) bond motifs is 1. The van der Waals surface area contributed by atoms with E-state index in [2.05, 4.69) is 20.5 Å². The third-order valence-electron chi connectivity index (χ3n) is 3.85. The van der Waals surface area contributed by atoms with E-state index in [4.69, 9.17) is 9.56 Å². The van der Waals surface area contributed by atoms with Gasteiger partial charge in [-0.1, -0.05) is 12.1 Å². The minimum atomic E-state index is -3.71. The number of H-pyrrole nitrogens is 1. The lowest BCUT2D eigenvalue weighted by Gasteiger charge is -2.00. The topological polar surface area (TPSA) is 126 Å². The first kappa shape index (κ1) is 17.0. The van der Waals surface area contributed by atoms with Crippen LogP contribution >= 0.6 is 0 Å². The minimum Gasteiger partial charge on any atom is -0.455 e. The van der Waals surface area contributed by atoms with Crippen molar-refractivity contribution in [3.63, 3.8) is 0 Å². The molecule has 2 heterocycles. The van der Waals surface area contributed by atoms with Gasteiger partial charge in [0.15, 0.2) is 0 Å². The largest absolute Gasteiger partial charge is 0.455 e. The Bertz CT molecular complexity index is 1190. The van der Waals surface area contributed by atoms with E-state index in [-0.39, 0.29) is 4.90 Å². The molecule has 0 spiro atoms. The van der Waals surface area contributed by atoms with Crippen LogP contribution in [0.15, 0.2) is 75.1 Å². The molecule has 4 N–H and O–H groups in total. The number of aromatic amines is 1. The van der Waals surface area contributed by atoms with Crippen LogP contribution < -0.4 is 10.6 Å².